The number of pyridine rings is 1. The van der Waals surface area contributed by atoms with E-state index in [1.807, 2.05) is 30.3 Å². The van der Waals surface area contributed by atoms with Crippen LogP contribution >= 0.6 is 11.6 Å². The first kappa shape index (κ1) is 20.7. The van der Waals surface area contributed by atoms with Crippen molar-refractivity contribution in [2.24, 2.45) is 0 Å². The lowest BCUT2D eigenvalue weighted by atomic mass is 10.1. The smallest absolute Gasteiger partial charge is 0.260 e. The maximum Gasteiger partial charge on any atom is 0.260 e. The summed E-state index contributed by atoms with van der Waals surface area (Å²) in [4.78, 5) is 17.2. The van der Waals surface area contributed by atoms with Crippen molar-refractivity contribution in [1.82, 2.24) is 15.2 Å². The zero-order valence-electron chi connectivity index (χ0n) is 17.0. The third-order valence-electron chi connectivity index (χ3n) is 4.95. The monoisotopic (exact) mass is 462 g/mol. The number of carbonyl (C=O) groups is 1. The summed E-state index contributed by atoms with van der Waals surface area (Å²) in [6.45, 7) is 0.150. The molecule has 0 aliphatic rings. The number of amides is 1. The van der Waals surface area contributed by atoms with Crippen LogP contribution in [0.3, 0.4) is 0 Å². The molecule has 164 valence electrons. The van der Waals surface area contributed by atoms with Gasteiger partial charge in [-0.25, -0.2) is 9.37 Å². The lowest BCUT2D eigenvalue weighted by Crippen LogP contribution is -2.15. The molecule has 0 saturated carbocycles. The number of aromatic amines is 1. The van der Waals surface area contributed by atoms with E-state index in [2.05, 4.69) is 20.5 Å². The van der Waals surface area contributed by atoms with Crippen LogP contribution in [0.5, 0.6) is 5.75 Å². The Morgan fingerprint density at radius 1 is 1.15 bits per heavy atom. The van der Waals surface area contributed by atoms with Gasteiger partial charge in [-0.15, -0.1) is 0 Å². The summed E-state index contributed by atoms with van der Waals surface area (Å²) < 4.78 is 26.1. The van der Waals surface area contributed by atoms with Crippen LogP contribution < -0.4 is 10.1 Å². The van der Waals surface area contributed by atoms with Crippen LogP contribution in [-0.2, 0) is 6.61 Å². The van der Waals surface area contributed by atoms with Gasteiger partial charge in [0.15, 0.2) is 23.0 Å². The molecule has 5 rings (SSSR count). The van der Waals surface area contributed by atoms with E-state index in [1.54, 1.807) is 18.2 Å². The molecule has 0 aliphatic carbocycles. The zero-order chi connectivity index (χ0) is 22.8. The van der Waals surface area contributed by atoms with E-state index >= 15 is 4.39 Å². The maximum absolute atomic E-state index is 15.1. The van der Waals surface area contributed by atoms with E-state index in [0.29, 0.717) is 28.2 Å². The highest BCUT2D eigenvalue weighted by Crippen LogP contribution is 2.30. The van der Waals surface area contributed by atoms with Gasteiger partial charge in [-0.05, 0) is 35.9 Å². The van der Waals surface area contributed by atoms with Gasteiger partial charge in [0.2, 0.25) is 0 Å². The van der Waals surface area contributed by atoms with E-state index in [9.17, 15) is 4.79 Å². The summed E-state index contributed by atoms with van der Waals surface area (Å²) in [6, 6.07) is 17.3. The molecule has 0 bridgehead atoms. The van der Waals surface area contributed by atoms with Gasteiger partial charge in [-0.1, -0.05) is 41.9 Å². The van der Waals surface area contributed by atoms with E-state index in [-0.39, 0.29) is 22.9 Å². The number of rotatable bonds is 6. The highest BCUT2D eigenvalue weighted by atomic mass is 35.5. The molecule has 5 aromatic rings. The molecule has 9 heteroatoms. The number of nitrogens with zero attached hydrogens (tertiary/aromatic N) is 2. The third-order valence-corrected chi connectivity index (χ3v) is 5.26. The topological polar surface area (TPSA) is 93.0 Å². The Bertz CT molecular complexity index is 1440. The van der Waals surface area contributed by atoms with Gasteiger partial charge in [0.1, 0.15) is 12.3 Å². The molecule has 0 saturated heterocycles. The average molecular weight is 463 g/mol. The summed E-state index contributed by atoms with van der Waals surface area (Å²) in [5, 5.41) is 10.3. The number of H-pyrrole nitrogens is 1. The van der Waals surface area contributed by atoms with E-state index in [4.69, 9.17) is 20.8 Å². The number of fused-ring (bicyclic) bond motifs is 1. The van der Waals surface area contributed by atoms with Crippen LogP contribution in [0.15, 0.2) is 77.5 Å². The van der Waals surface area contributed by atoms with E-state index < -0.39 is 11.7 Å². The number of ether oxygens (including phenoxy) is 1. The van der Waals surface area contributed by atoms with Crippen molar-refractivity contribution in [3.63, 3.8) is 0 Å². The first-order valence-electron chi connectivity index (χ1n) is 9.94. The zero-order valence-corrected chi connectivity index (χ0v) is 17.8. The summed E-state index contributed by atoms with van der Waals surface area (Å²) >= 11 is 6.15. The molecule has 1 amide bonds. The first-order chi connectivity index (χ1) is 16.1. The Balaban J connectivity index is 1.40. The van der Waals surface area contributed by atoms with Crippen molar-refractivity contribution in [2.75, 3.05) is 5.32 Å². The largest absolute Gasteiger partial charge is 0.486 e. The number of carbonyl (C=O) groups excluding carboxylic acids is 1. The highest BCUT2D eigenvalue weighted by molar-refractivity contribution is 6.34. The van der Waals surface area contributed by atoms with Gasteiger partial charge in [0.25, 0.3) is 5.91 Å². The van der Waals surface area contributed by atoms with Crippen LogP contribution in [0.1, 0.15) is 15.9 Å². The van der Waals surface area contributed by atoms with Crippen molar-refractivity contribution in [1.29, 1.82) is 0 Å². The van der Waals surface area contributed by atoms with Crippen molar-refractivity contribution in [3.8, 4) is 17.2 Å². The van der Waals surface area contributed by atoms with Gasteiger partial charge >= 0.3 is 0 Å². The van der Waals surface area contributed by atoms with Gasteiger partial charge < -0.3 is 14.5 Å². The molecule has 0 spiro atoms. The summed E-state index contributed by atoms with van der Waals surface area (Å²) in [5.74, 6) is -1.10. The summed E-state index contributed by atoms with van der Waals surface area (Å²) in [7, 11) is 0. The molecular weight excluding hydrogens is 447 g/mol. The minimum atomic E-state index is -0.843. The minimum Gasteiger partial charge on any atom is -0.486 e. The van der Waals surface area contributed by atoms with Gasteiger partial charge in [-0.2, -0.15) is 5.10 Å². The Morgan fingerprint density at radius 2 is 2.00 bits per heavy atom. The molecule has 33 heavy (non-hydrogen) atoms. The fraction of sp³-hybridized carbons (Fsp3) is 0.0417. The molecule has 3 heterocycles. The van der Waals surface area contributed by atoms with Crippen LogP contribution in [0.2, 0.25) is 5.02 Å². The van der Waals surface area contributed by atoms with Crippen molar-refractivity contribution in [3.05, 3.63) is 95.1 Å². The van der Waals surface area contributed by atoms with Gasteiger partial charge in [0, 0.05) is 0 Å². The number of anilines is 1. The second-order valence-corrected chi connectivity index (χ2v) is 7.54. The third kappa shape index (κ3) is 4.16. The van der Waals surface area contributed by atoms with Crippen LogP contribution in [0.25, 0.3) is 22.5 Å². The predicted molar refractivity (Wildman–Crippen MR) is 122 cm³/mol. The Kier molecular flexibility index (Phi) is 5.50. The van der Waals surface area contributed by atoms with E-state index in [1.165, 1.54) is 24.6 Å². The summed E-state index contributed by atoms with van der Waals surface area (Å²) in [5.41, 5.74) is 1.94. The molecule has 7 nitrogen and oxygen atoms in total. The Morgan fingerprint density at radius 3 is 2.79 bits per heavy atom. The van der Waals surface area contributed by atoms with Crippen molar-refractivity contribution in [2.45, 2.75) is 6.61 Å². The fourth-order valence-electron chi connectivity index (χ4n) is 3.35. The summed E-state index contributed by atoms with van der Waals surface area (Å²) in [6.07, 6.45) is 2.97. The number of hydrogen-bond acceptors (Lipinski definition) is 5. The van der Waals surface area contributed by atoms with Crippen LogP contribution in [-0.4, -0.2) is 21.1 Å². The number of aromatic nitrogens is 3. The number of nitrogens with one attached hydrogen (secondary N) is 2. The van der Waals surface area contributed by atoms with Crippen LogP contribution in [0.4, 0.5) is 10.1 Å². The number of benzene rings is 2. The lowest BCUT2D eigenvalue weighted by Gasteiger charge is -2.12. The van der Waals surface area contributed by atoms with Crippen molar-refractivity contribution >= 4 is 34.2 Å². The second-order valence-electron chi connectivity index (χ2n) is 7.13. The molecular formula is C24H16ClFN4O3. The van der Waals surface area contributed by atoms with Gasteiger partial charge in [-0.3, -0.25) is 9.89 Å². The highest BCUT2D eigenvalue weighted by Gasteiger charge is 2.21. The molecule has 0 aliphatic heterocycles. The molecule has 0 radical (unpaired) electrons. The Hall–Kier alpha value is -4.17. The van der Waals surface area contributed by atoms with Crippen LogP contribution in [0, 0.1) is 5.82 Å². The normalized spacial score (nSPS) is 11.0. The Labute approximate surface area is 192 Å². The molecule has 0 fully saturated rings. The molecule has 0 unspecified atom stereocenters. The maximum atomic E-state index is 15.1. The lowest BCUT2D eigenvalue weighted by molar-refractivity contribution is 0.102. The molecule has 3 aromatic heterocycles. The molecule has 0 atom stereocenters. The van der Waals surface area contributed by atoms with Crippen molar-refractivity contribution < 1.29 is 18.3 Å². The number of hydrogen-bond donors (Lipinski definition) is 2. The predicted octanol–water partition coefficient (Wildman–Crippen LogP) is 5.84. The SMILES string of the molecule is O=C(Nc1cnc2[nH]nc(-c3ccco3)c2c1)c1c(Cl)ccc(OCc2ccccc2)c1F. The standard InChI is InChI=1S/C24H16ClFN4O3/c25-17-8-9-18(33-13-14-5-2-1-3-6-14)21(26)20(17)24(31)28-15-11-16-22(19-7-4-10-32-19)29-30-23(16)27-12-15/h1-12H,13H2,(H,28,31)(H,27,29,30). The number of furan rings is 1. The quantitative estimate of drug-likeness (QED) is 0.330. The van der Waals surface area contributed by atoms with E-state index in [0.717, 1.165) is 5.56 Å². The first-order valence-corrected chi connectivity index (χ1v) is 10.3. The minimum absolute atomic E-state index is 0.0364. The second kappa shape index (κ2) is 8.76. The number of halogens is 2. The molecule has 2 N–H and O–H groups in total. The molecule has 2 aromatic carbocycles. The average Bonchev–Trinajstić information content (AvgIpc) is 3.49. The van der Waals surface area contributed by atoms with Gasteiger partial charge in [0.05, 0.1) is 34.1 Å². The fourth-order valence-corrected chi connectivity index (χ4v) is 3.59.